The average molecular weight is 370 g/mol. The summed E-state index contributed by atoms with van der Waals surface area (Å²) in [7, 11) is 4.57. The highest BCUT2D eigenvalue weighted by Crippen LogP contribution is 2.30. The fourth-order valence-corrected chi connectivity index (χ4v) is 2.65. The van der Waals surface area contributed by atoms with Crippen LogP contribution in [0, 0.1) is 12.7 Å². The maximum atomic E-state index is 13.4. The van der Waals surface area contributed by atoms with Gasteiger partial charge in [0, 0.05) is 18.7 Å². The molecule has 3 aromatic rings. The molecule has 3 rings (SSSR count). The van der Waals surface area contributed by atoms with Gasteiger partial charge in [0.1, 0.15) is 23.1 Å². The molecule has 1 amide bonds. The third kappa shape index (κ3) is 3.62. The third-order valence-corrected chi connectivity index (χ3v) is 4.14. The van der Waals surface area contributed by atoms with E-state index in [2.05, 4.69) is 4.98 Å². The Bertz CT molecular complexity index is 967. The molecule has 0 atom stereocenters. The van der Waals surface area contributed by atoms with Crippen molar-refractivity contribution in [2.24, 2.45) is 0 Å². The van der Waals surface area contributed by atoms with E-state index < -0.39 is 5.82 Å². The van der Waals surface area contributed by atoms with E-state index in [0.717, 1.165) is 5.56 Å². The molecule has 1 aromatic heterocycles. The van der Waals surface area contributed by atoms with Gasteiger partial charge in [-0.3, -0.25) is 4.79 Å². The molecule has 0 aliphatic carbocycles. The van der Waals surface area contributed by atoms with Crippen LogP contribution >= 0.6 is 0 Å². The van der Waals surface area contributed by atoms with Gasteiger partial charge >= 0.3 is 0 Å². The second-order valence-corrected chi connectivity index (χ2v) is 5.83. The van der Waals surface area contributed by atoms with Gasteiger partial charge in [0.25, 0.3) is 5.91 Å². The predicted molar refractivity (Wildman–Crippen MR) is 98.9 cm³/mol. The highest BCUT2D eigenvalue weighted by Gasteiger charge is 2.24. The molecule has 0 spiro atoms. The van der Waals surface area contributed by atoms with Crippen molar-refractivity contribution in [2.45, 2.75) is 6.92 Å². The maximum absolute atomic E-state index is 13.4. The van der Waals surface area contributed by atoms with Crippen molar-refractivity contribution in [1.29, 1.82) is 0 Å². The van der Waals surface area contributed by atoms with E-state index in [1.54, 1.807) is 45.3 Å². The Labute approximate surface area is 156 Å². The van der Waals surface area contributed by atoms with Gasteiger partial charge < -0.3 is 18.8 Å². The number of amides is 1. The molecule has 0 saturated carbocycles. The number of aromatic nitrogens is 1. The summed E-state index contributed by atoms with van der Waals surface area (Å²) in [4.78, 5) is 18.6. The van der Waals surface area contributed by atoms with Crippen LogP contribution in [0.4, 0.5) is 10.1 Å². The SMILES string of the molecule is COc1ccc(-c2nc(C(=O)N(C)c3ccc(F)cc3OC)c(C)o2)cc1. The lowest BCUT2D eigenvalue weighted by Crippen LogP contribution is -2.27. The summed E-state index contributed by atoms with van der Waals surface area (Å²) < 4.78 is 29.4. The van der Waals surface area contributed by atoms with Crippen molar-refractivity contribution in [1.82, 2.24) is 4.98 Å². The minimum Gasteiger partial charge on any atom is -0.497 e. The van der Waals surface area contributed by atoms with Crippen LogP contribution in [-0.2, 0) is 0 Å². The Kier molecular flexibility index (Phi) is 5.12. The van der Waals surface area contributed by atoms with Gasteiger partial charge in [-0.25, -0.2) is 9.37 Å². The standard InChI is InChI=1S/C20H19FN2O4/c1-12-18(22-19(27-12)13-5-8-15(25-3)9-6-13)20(24)23(2)16-10-7-14(21)11-17(16)26-4/h5-11H,1-4H3. The molecule has 2 aromatic carbocycles. The summed E-state index contributed by atoms with van der Waals surface area (Å²) in [5.41, 5.74) is 1.33. The molecule has 0 fully saturated rings. The van der Waals surface area contributed by atoms with Crippen molar-refractivity contribution >= 4 is 11.6 Å². The number of carbonyl (C=O) groups excluding carboxylic acids is 1. The number of carbonyl (C=O) groups is 1. The minimum absolute atomic E-state index is 0.176. The van der Waals surface area contributed by atoms with Crippen molar-refractivity contribution in [2.75, 3.05) is 26.2 Å². The molecule has 0 bridgehead atoms. The number of benzene rings is 2. The molecule has 0 radical (unpaired) electrons. The van der Waals surface area contributed by atoms with Gasteiger partial charge in [0.2, 0.25) is 5.89 Å². The Morgan fingerprint density at radius 3 is 2.44 bits per heavy atom. The quantitative estimate of drug-likeness (QED) is 0.677. The van der Waals surface area contributed by atoms with Gasteiger partial charge in [-0.05, 0) is 43.3 Å². The first kappa shape index (κ1) is 18.4. The Morgan fingerprint density at radius 1 is 1.11 bits per heavy atom. The van der Waals surface area contributed by atoms with Crippen LogP contribution in [0.1, 0.15) is 16.2 Å². The van der Waals surface area contributed by atoms with E-state index in [1.807, 2.05) is 0 Å². The van der Waals surface area contributed by atoms with Crippen molar-refractivity contribution in [3.63, 3.8) is 0 Å². The number of anilines is 1. The number of oxazole rings is 1. The Morgan fingerprint density at radius 2 is 1.81 bits per heavy atom. The number of ether oxygens (including phenoxy) is 2. The first-order valence-corrected chi connectivity index (χ1v) is 8.18. The first-order valence-electron chi connectivity index (χ1n) is 8.18. The van der Waals surface area contributed by atoms with Gasteiger partial charge in [-0.2, -0.15) is 0 Å². The van der Waals surface area contributed by atoms with Gasteiger partial charge in [-0.15, -0.1) is 0 Å². The molecular weight excluding hydrogens is 351 g/mol. The highest BCUT2D eigenvalue weighted by molar-refractivity contribution is 6.06. The zero-order valence-electron chi connectivity index (χ0n) is 15.4. The van der Waals surface area contributed by atoms with E-state index in [1.165, 1.54) is 30.2 Å². The molecule has 6 nitrogen and oxygen atoms in total. The normalized spacial score (nSPS) is 10.6. The predicted octanol–water partition coefficient (Wildman–Crippen LogP) is 4.08. The van der Waals surface area contributed by atoms with Crippen LogP contribution in [0.15, 0.2) is 46.9 Å². The molecule has 0 unspecified atom stereocenters. The van der Waals surface area contributed by atoms with Gasteiger partial charge in [0.05, 0.1) is 19.9 Å². The minimum atomic E-state index is -0.448. The molecular formula is C20H19FN2O4. The number of halogens is 1. The molecule has 0 N–H and O–H groups in total. The van der Waals surface area contributed by atoms with Crippen LogP contribution in [0.2, 0.25) is 0 Å². The lowest BCUT2D eigenvalue weighted by molar-refractivity contribution is 0.0986. The molecule has 140 valence electrons. The van der Waals surface area contributed by atoms with Crippen LogP contribution in [-0.4, -0.2) is 32.2 Å². The molecule has 27 heavy (non-hydrogen) atoms. The highest BCUT2D eigenvalue weighted by atomic mass is 19.1. The second-order valence-electron chi connectivity index (χ2n) is 5.83. The van der Waals surface area contributed by atoms with Crippen LogP contribution in [0.3, 0.4) is 0 Å². The fourth-order valence-electron chi connectivity index (χ4n) is 2.65. The summed E-state index contributed by atoms with van der Waals surface area (Å²) in [5, 5.41) is 0. The van der Waals surface area contributed by atoms with Crippen molar-refractivity contribution in [3.05, 3.63) is 59.7 Å². The summed E-state index contributed by atoms with van der Waals surface area (Å²) in [6, 6.07) is 11.1. The van der Waals surface area contributed by atoms with Crippen LogP contribution < -0.4 is 14.4 Å². The van der Waals surface area contributed by atoms with E-state index in [-0.39, 0.29) is 17.4 Å². The van der Waals surface area contributed by atoms with E-state index in [0.29, 0.717) is 23.1 Å². The van der Waals surface area contributed by atoms with E-state index in [9.17, 15) is 9.18 Å². The van der Waals surface area contributed by atoms with Crippen LogP contribution in [0.5, 0.6) is 11.5 Å². The number of hydrogen-bond donors (Lipinski definition) is 0. The number of nitrogens with zero attached hydrogens (tertiary/aromatic N) is 2. The lowest BCUT2D eigenvalue weighted by Gasteiger charge is -2.19. The molecule has 0 aliphatic rings. The molecule has 0 saturated heterocycles. The molecule has 0 aliphatic heterocycles. The molecule has 1 heterocycles. The van der Waals surface area contributed by atoms with Crippen LogP contribution in [0.25, 0.3) is 11.5 Å². The van der Waals surface area contributed by atoms with Gasteiger partial charge in [0.15, 0.2) is 5.69 Å². The Balaban J connectivity index is 1.92. The average Bonchev–Trinajstić information content (AvgIpc) is 3.08. The first-order chi connectivity index (χ1) is 12.9. The topological polar surface area (TPSA) is 64.8 Å². The maximum Gasteiger partial charge on any atom is 0.280 e. The fraction of sp³-hybridized carbons (Fsp3) is 0.200. The third-order valence-electron chi connectivity index (χ3n) is 4.14. The monoisotopic (exact) mass is 370 g/mol. The number of methoxy groups -OCH3 is 2. The summed E-state index contributed by atoms with van der Waals surface area (Å²) in [6.45, 7) is 1.67. The molecule has 7 heteroatoms. The summed E-state index contributed by atoms with van der Waals surface area (Å²) in [6.07, 6.45) is 0. The Hall–Kier alpha value is -3.35. The zero-order valence-corrected chi connectivity index (χ0v) is 15.4. The van der Waals surface area contributed by atoms with E-state index >= 15 is 0 Å². The largest absolute Gasteiger partial charge is 0.497 e. The number of rotatable bonds is 5. The summed E-state index contributed by atoms with van der Waals surface area (Å²) >= 11 is 0. The number of aryl methyl sites for hydroxylation is 1. The van der Waals surface area contributed by atoms with Crippen molar-refractivity contribution in [3.8, 4) is 23.0 Å². The lowest BCUT2D eigenvalue weighted by atomic mass is 10.2. The van der Waals surface area contributed by atoms with Gasteiger partial charge in [-0.1, -0.05) is 0 Å². The zero-order chi connectivity index (χ0) is 19.6. The van der Waals surface area contributed by atoms with Crippen molar-refractivity contribution < 1.29 is 23.1 Å². The number of hydrogen-bond acceptors (Lipinski definition) is 5. The smallest absolute Gasteiger partial charge is 0.280 e. The summed E-state index contributed by atoms with van der Waals surface area (Å²) in [5.74, 6) is 0.845. The second kappa shape index (κ2) is 7.49. The van der Waals surface area contributed by atoms with E-state index in [4.69, 9.17) is 13.9 Å².